The quantitative estimate of drug-likeness (QED) is 0.388. The number of hydrogen-bond donors (Lipinski definition) is 1. The van der Waals surface area contributed by atoms with E-state index < -0.39 is 22.5 Å². The number of nitrogens with zero attached hydrogens (tertiary/aromatic N) is 3. The molecule has 1 N–H and O–H groups in total. The first-order valence-corrected chi connectivity index (χ1v) is 8.55. The van der Waals surface area contributed by atoms with Gasteiger partial charge in [0.1, 0.15) is 5.69 Å². The molecule has 0 fully saturated rings. The maximum Gasteiger partial charge on any atom is 0.426 e. The molecule has 29 heavy (non-hydrogen) atoms. The van der Waals surface area contributed by atoms with E-state index in [1.54, 1.807) is 37.3 Å². The molecule has 148 valence electrons. The van der Waals surface area contributed by atoms with E-state index in [2.05, 4.69) is 5.43 Å². The van der Waals surface area contributed by atoms with Crippen molar-refractivity contribution in [2.75, 3.05) is 12.0 Å². The van der Waals surface area contributed by atoms with Gasteiger partial charge in [0.2, 0.25) is 5.78 Å². The molecule has 3 rings (SSSR count). The van der Waals surface area contributed by atoms with E-state index in [1.165, 1.54) is 30.5 Å². The molecule has 0 atom stereocenters. The van der Waals surface area contributed by atoms with E-state index >= 15 is 0 Å². The fourth-order valence-electron chi connectivity index (χ4n) is 2.65. The zero-order valence-corrected chi connectivity index (χ0v) is 15.3. The predicted octanol–water partition coefficient (Wildman–Crippen LogP) is 2.48. The number of carbonyl (C=O) groups excluding carboxylic acids is 2. The summed E-state index contributed by atoms with van der Waals surface area (Å²) < 4.78 is 6.58. The molecule has 1 aromatic heterocycles. The molecule has 0 saturated carbocycles. The van der Waals surface area contributed by atoms with Gasteiger partial charge in [-0.1, -0.05) is 36.4 Å². The summed E-state index contributed by atoms with van der Waals surface area (Å²) in [4.78, 5) is 48.1. The minimum Gasteiger partial charge on any atom is -0.449 e. The number of ether oxygens (including phenoxy) is 1. The number of hydrogen-bond acceptors (Lipinski definition) is 6. The van der Waals surface area contributed by atoms with Gasteiger partial charge in [-0.25, -0.2) is 15.0 Å². The zero-order chi connectivity index (χ0) is 21.0. The van der Waals surface area contributed by atoms with Gasteiger partial charge in [-0.3, -0.25) is 19.5 Å². The standard InChI is InChI=1S/C19H16N4O6/c1-2-29-18(25)20-22-16(17(24)13-7-4-3-5-8-13)12-21(19(22)26)14-9-6-10-15(11-14)23(27)28/h3-12H,2H2,1H3,(H,20,25). The van der Waals surface area contributed by atoms with Crippen LogP contribution in [0.5, 0.6) is 0 Å². The van der Waals surface area contributed by atoms with Crippen LogP contribution in [-0.4, -0.2) is 32.6 Å². The highest BCUT2D eigenvalue weighted by Crippen LogP contribution is 2.17. The highest BCUT2D eigenvalue weighted by atomic mass is 16.6. The summed E-state index contributed by atoms with van der Waals surface area (Å²) in [7, 11) is 0. The van der Waals surface area contributed by atoms with Crippen molar-refractivity contribution < 1.29 is 19.2 Å². The lowest BCUT2D eigenvalue weighted by Crippen LogP contribution is -2.36. The summed E-state index contributed by atoms with van der Waals surface area (Å²) in [5.41, 5.74) is 1.53. The molecule has 1 amide bonds. The van der Waals surface area contributed by atoms with Crippen molar-refractivity contribution in [2.45, 2.75) is 6.92 Å². The number of benzene rings is 2. The number of nitro benzene ring substituents is 1. The van der Waals surface area contributed by atoms with Crippen LogP contribution in [0.3, 0.4) is 0 Å². The van der Waals surface area contributed by atoms with Gasteiger partial charge in [0, 0.05) is 23.9 Å². The molecule has 0 aliphatic carbocycles. The lowest BCUT2D eigenvalue weighted by Gasteiger charge is -2.08. The monoisotopic (exact) mass is 396 g/mol. The largest absolute Gasteiger partial charge is 0.449 e. The van der Waals surface area contributed by atoms with Crippen molar-refractivity contribution in [2.24, 2.45) is 0 Å². The first-order chi connectivity index (χ1) is 13.9. The molecular weight excluding hydrogens is 380 g/mol. The molecular formula is C19H16N4O6. The van der Waals surface area contributed by atoms with Gasteiger partial charge in [-0.15, -0.1) is 0 Å². The predicted molar refractivity (Wildman–Crippen MR) is 103 cm³/mol. The summed E-state index contributed by atoms with van der Waals surface area (Å²) in [6.45, 7) is 1.65. The number of aromatic nitrogens is 2. The fourth-order valence-corrected chi connectivity index (χ4v) is 2.65. The fraction of sp³-hybridized carbons (Fsp3) is 0.105. The second kappa shape index (κ2) is 8.21. The van der Waals surface area contributed by atoms with Crippen molar-refractivity contribution in [1.29, 1.82) is 0 Å². The van der Waals surface area contributed by atoms with Crippen LogP contribution in [-0.2, 0) is 4.74 Å². The molecule has 10 nitrogen and oxygen atoms in total. The summed E-state index contributed by atoms with van der Waals surface area (Å²) in [5.74, 6) is -0.524. The third-order valence-corrected chi connectivity index (χ3v) is 3.96. The Morgan fingerprint density at radius 1 is 1.14 bits per heavy atom. The van der Waals surface area contributed by atoms with Crippen LogP contribution < -0.4 is 11.1 Å². The smallest absolute Gasteiger partial charge is 0.426 e. The van der Waals surface area contributed by atoms with Gasteiger partial charge in [0.25, 0.3) is 5.69 Å². The first-order valence-electron chi connectivity index (χ1n) is 8.55. The lowest BCUT2D eigenvalue weighted by atomic mass is 10.1. The van der Waals surface area contributed by atoms with E-state index in [4.69, 9.17) is 4.74 Å². The molecule has 0 spiro atoms. The Labute approximate surface area is 164 Å². The number of carbonyl (C=O) groups is 2. The van der Waals surface area contributed by atoms with Gasteiger partial charge in [0.05, 0.1) is 17.2 Å². The summed E-state index contributed by atoms with van der Waals surface area (Å²) in [6.07, 6.45) is 0.289. The van der Waals surface area contributed by atoms with Gasteiger partial charge in [-0.2, -0.15) is 4.68 Å². The Bertz CT molecular complexity index is 1130. The first kappa shape index (κ1) is 19.5. The Balaban J connectivity index is 2.14. The normalized spacial score (nSPS) is 10.4. The highest BCUT2D eigenvalue weighted by molar-refractivity contribution is 6.08. The minimum atomic E-state index is -0.923. The van der Waals surface area contributed by atoms with Crippen LogP contribution in [0.15, 0.2) is 65.6 Å². The van der Waals surface area contributed by atoms with Crippen LogP contribution in [0.25, 0.3) is 5.69 Å². The Hall–Kier alpha value is -4.21. The van der Waals surface area contributed by atoms with Crippen molar-refractivity contribution in [3.63, 3.8) is 0 Å². The third-order valence-electron chi connectivity index (χ3n) is 3.96. The number of imidazole rings is 1. The van der Waals surface area contributed by atoms with Crippen LogP contribution in [0.4, 0.5) is 10.5 Å². The highest BCUT2D eigenvalue weighted by Gasteiger charge is 2.22. The van der Waals surface area contributed by atoms with Crippen LogP contribution in [0.2, 0.25) is 0 Å². The lowest BCUT2D eigenvalue weighted by molar-refractivity contribution is -0.384. The Morgan fingerprint density at radius 3 is 2.52 bits per heavy atom. The molecule has 0 unspecified atom stereocenters. The zero-order valence-electron chi connectivity index (χ0n) is 15.3. The number of nitro groups is 1. The average molecular weight is 396 g/mol. The van der Waals surface area contributed by atoms with Crippen LogP contribution in [0, 0.1) is 10.1 Å². The average Bonchev–Trinajstić information content (AvgIpc) is 3.04. The molecule has 0 bridgehead atoms. The number of amides is 1. The van der Waals surface area contributed by atoms with E-state index in [1.807, 2.05) is 0 Å². The van der Waals surface area contributed by atoms with Gasteiger partial charge < -0.3 is 4.74 Å². The molecule has 10 heteroatoms. The maximum atomic E-state index is 12.9. The molecule has 2 aromatic carbocycles. The summed E-state index contributed by atoms with van der Waals surface area (Å²) >= 11 is 0. The molecule has 0 aliphatic rings. The van der Waals surface area contributed by atoms with Crippen LogP contribution >= 0.6 is 0 Å². The summed E-state index contributed by atoms with van der Waals surface area (Å²) in [6, 6.07) is 13.5. The van der Waals surface area contributed by atoms with E-state index in [0.29, 0.717) is 5.56 Å². The topological polar surface area (TPSA) is 125 Å². The molecule has 0 saturated heterocycles. The van der Waals surface area contributed by atoms with E-state index in [0.717, 1.165) is 9.24 Å². The molecule has 3 aromatic rings. The summed E-state index contributed by atoms with van der Waals surface area (Å²) in [5, 5.41) is 11.0. The second-order valence-corrected chi connectivity index (χ2v) is 5.81. The van der Waals surface area contributed by atoms with Crippen molar-refractivity contribution >= 4 is 17.6 Å². The van der Waals surface area contributed by atoms with Crippen molar-refractivity contribution in [3.8, 4) is 5.69 Å². The Kier molecular flexibility index (Phi) is 5.54. The minimum absolute atomic E-state index is 0.0636. The maximum absolute atomic E-state index is 12.9. The molecule has 0 radical (unpaired) electrons. The van der Waals surface area contributed by atoms with Crippen molar-refractivity contribution in [1.82, 2.24) is 9.24 Å². The van der Waals surface area contributed by atoms with Gasteiger partial charge in [0.15, 0.2) is 0 Å². The number of ketones is 1. The number of nitrogens with one attached hydrogen (secondary N) is 1. The van der Waals surface area contributed by atoms with Crippen molar-refractivity contribution in [3.05, 3.63) is 92.7 Å². The van der Waals surface area contributed by atoms with Crippen LogP contribution in [0.1, 0.15) is 23.0 Å². The van der Waals surface area contributed by atoms with Gasteiger partial charge >= 0.3 is 11.8 Å². The SMILES string of the molecule is CCOC(=O)Nn1c(C(=O)c2ccccc2)cn(-c2cccc([N+](=O)[O-])c2)c1=O. The number of rotatable bonds is 6. The molecule has 1 heterocycles. The van der Waals surface area contributed by atoms with E-state index in [-0.39, 0.29) is 23.7 Å². The number of non-ortho nitro benzene ring substituents is 1. The third kappa shape index (κ3) is 4.05. The Morgan fingerprint density at radius 2 is 1.86 bits per heavy atom. The van der Waals surface area contributed by atoms with Gasteiger partial charge in [-0.05, 0) is 13.0 Å². The molecule has 0 aliphatic heterocycles. The van der Waals surface area contributed by atoms with E-state index in [9.17, 15) is 24.5 Å². The second-order valence-electron chi connectivity index (χ2n) is 5.81.